The molecule has 0 saturated carbocycles. The second-order valence-corrected chi connectivity index (χ2v) is 6.77. The normalized spacial score (nSPS) is 13.2. The summed E-state index contributed by atoms with van der Waals surface area (Å²) in [6, 6.07) is -3.50. The molecule has 0 bridgehead atoms. The Hall–Kier alpha value is -3.07. The first-order valence-electron chi connectivity index (χ1n) is 9.21. The lowest BCUT2D eigenvalue weighted by Crippen LogP contribution is -2.53. The summed E-state index contributed by atoms with van der Waals surface area (Å²) in [7, 11) is 0. The lowest BCUT2D eigenvalue weighted by atomic mass is 10.1. The maximum atomic E-state index is 12.3. The average Bonchev–Trinajstić information content (AvgIpc) is 2.69. The number of hydrogen-bond donors (Lipinski definition) is 9. The van der Waals surface area contributed by atoms with Gasteiger partial charge in [0.25, 0.3) is 0 Å². The first kappa shape index (κ1) is 27.9. The van der Waals surface area contributed by atoms with Crippen LogP contribution in [-0.4, -0.2) is 82.8 Å². The van der Waals surface area contributed by atoms with E-state index in [9.17, 15) is 24.0 Å². The number of hydrogen-bond acceptors (Lipinski definition) is 8. The molecular formula is C16H29N7O7S. The van der Waals surface area contributed by atoms with E-state index in [1.54, 1.807) is 0 Å². The summed E-state index contributed by atoms with van der Waals surface area (Å²) in [6.07, 6.45) is -0.0677. The smallest absolute Gasteiger partial charge is 0.327 e. The van der Waals surface area contributed by atoms with E-state index in [2.05, 4.69) is 33.6 Å². The first-order valence-corrected chi connectivity index (χ1v) is 9.85. The fraction of sp³-hybridized carbons (Fsp3) is 0.625. The van der Waals surface area contributed by atoms with Crippen molar-refractivity contribution in [1.82, 2.24) is 16.0 Å². The Morgan fingerprint density at radius 3 is 2.13 bits per heavy atom. The minimum atomic E-state index is -1.30. The molecule has 0 aromatic carbocycles. The highest BCUT2D eigenvalue weighted by molar-refractivity contribution is 7.80. The van der Waals surface area contributed by atoms with E-state index >= 15 is 0 Å². The zero-order chi connectivity index (χ0) is 24.0. The largest absolute Gasteiger partial charge is 0.481 e. The second-order valence-electron chi connectivity index (χ2n) is 6.41. The van der Waals surface area contributed by atoms with Crippen LogP contribution in [0.4, 0.5) is 0 Å². The van der Waals surface area contributed by atoms with Gasteiger partial charge in [0.2, 0.25) is 17.7 Å². The van der Waals surface area contributed by atoms with E-state index in [0.717, 1.165) is 0 Å². The fourth-order valence-electron chi connectivity index (χ4n) is 2.19. The number of nitrogens with zero attached hydrogens (tertiary/aromatic N) is 1. The van der Waals surface area contributed by atoms with Crippen LogP contribution in [-0.2, 0) is 24.0 Å². The molecule has 0 fully saturated rings. The molecule has 3 atom stereocenters. The van der Waals surface area contributed by atoms with Crippen molar-refractivity contribution >= 4 is 48.2 Å². The van der Waals surface area contributed by atoms with Gasteiger partial charge in [-0.2, -0.15) is 12.6 Å². The van der Waals surface area contributed by atoms with Gasteiger partial charge >= 0.3 is 11.9 Å². The van der Waals surface area contributed by atoms with E-state index in [1.807, 2.05) is 0 Å². The molecule has 0 aliphatic carbocycles. The number of carboxylic acids is 2. The second kappa shape index (κ2) is 14.8. The van der Waals surface area contributed by atoms with Crippen molar-refractivity contribution in [1.29, 1.82) is 0 Å². The van der Waals surface area contributed by atoms with Crippen molar-refractivity contribution in [2.75, 3.05) is 18.8 Å². The molecule has 3 unspecified atom stereocenters. The molecule has 176 valence electrons. The number of carboxylic acid groups (broad SMARTS) is 2. The summed E-state index contributed by atoms with van der Waals surface area (Å²) in [4.78, 5) is 61.8. The van der Waals surface area contributed by atoms with Crippen molar-refractivity contribution in [3.63, 3.8) is 0 Å². The van der Waals surface area contributed by atoms with Gasteiger partial charge in [-0.3, -0.25) is 24.2 Å². The molecule has 0 radical (unpaired) electrons. The van der Waals surface area contributed by atoms with Crippen molar-refractivity contribution in [2.24, 2.45) is 22.2 Å². The van der Waals surface area contributed by atoms with E-state index in [4.69, 9.17) is 27.4 Å². The maximum absolute atomic E-state index is 12.3. The number of carbonyl (C=O) groups is 5. The highest BCUT2D eigenvalue weighted by Gasteiger charge is 2.25. The Kier molecular flexibility index (Phi) is 13.4. The summed E-state index contributed by atoms with van der Waals surface area (Å²) in [5.74, 6) is -5.06. The van der Waals surface area contributed by atoms with Gasteiger partial charge in [-0.25, -0.2) is 4.79 Å². The van der Waals surface area contributed by atoms with E-state index in [1.165, 1.54) is 0 Å². The van der Waals surface area contributed by atoms with Crippen molar-refractivity contribution in [3.8, 4) is 0 Å². The molecule has 0 aromatic rings. The molecule has 3 amide bonds. The number of aliphatic imine (C=N–C) groups is 1. The maximum Gasteiger partial charge on any atom is 0.327 e. The van der Waals surface area contributed by atoms with Crippen LogP contribution in [0.1, 0.15) is 25.7 Å². The molecule has 11 N–H and O–H groups in total. The van der Waals surface area contributed by atoms with Gasteiger partial charge in [0.15, 0.2) is 5.96 Å². The van der Waals surface area contributed by atoms with Gasteiger partial charge in [0, 0.05) is 18.7 Å². The van der Waals surface area contributed by atoms with Gasteiger partial charge < -0.3 is 43.4 Å². The van der Waals surface area contributed by atoms with Crippen LogP contribution in [0.15, 0.2) is 4.99 Å². The highest BCUT2D eigenvalue weighted by Crippen LogP contribution is 2.02. The third-order valence-corrected chi connectivity index (χ3v) is 4.19. The Balaban J connectivity index is 4.81. The van der Waals surface area contributed by atoms with Crippen LogP contribution in [0.25, 0.3) is 0 Å². The number of nitrogens with two attached hydrogens (primary N) is 3. The van der Waals surface area contributed by atoms with Gasteiger partial charge in [-0.15, -0.1) is 0 Å². The Morgan fingerprint density at radius 1 is 0.968 bits per heavy atom. The molecule has 15 heteroatoms. The topological polar surface area (TPSA) is 252 Å². The molecule has 31 heavy (non-hydrogen) atoms. The van der Waals surface area contributed by atoms with Gasteiger partial charge in [-0.1, -0.05) is 0 Å². The Bertz CT molecular complexity index is 685. The molecule has 0 rings (SSSR count). The summed E-state index contributed by atoms with van der Waals surface area (Å²) in [5.41, 5.74) is 16.1. The third-order valence-electron chi connectivity index (χ3n) is 3.82. The fourth-order valence-corrected chi connectivity index (χ4v) is 2.43. The number of aliphatic carboxylic acids is 2. The number of thiol groups is 1. The number of carbonyl (C=O) groups excluding carboxylic acids is 3. The average molecular weight is 464 g/mol. The van der Waals surface area contributed by atoms with E-state index < -0.39 is 60.8 Å². The quantitative estimate of drug-likeness (QED) is 0.0497. The van der Waals surface area contributed by atoms with Crippen molar-refractivity contribution in [2.45, 2.75) is 43.8 Å². The molecule has 0 aliphatic rings. The molecule has 0 heterocycles. The predicted molar refractivity (Wildman–Crippen MR) is 113 cm³/mol. The molecule has 0 aliphatic heterocycles. The summed E-state index contributed by atoms with van der Waals surface area (Å²) >= 11 is 3.80. The molecule has 0 aromatic heterocycles. The summed E-state index contributed by atoms with van der Waals surface area (Å²) < 4.78 is 0. The van der Waals surface area contributed by atoms with Crippen molar-refractivity contribution < 1.29 is 34.2 Å². The zero-order valence-electron chi connectivity index (χ0n) is 16.7. The lowest BCUT2D eigenvalue weighted by molar-refractivity contribution is -0.141. The summed E-state index contributed by atoms with van der Waals surface area (Å²) in [5, 5.41) is 24.4. The minimum absolute atomic E-state index is 0.100. The van der Waals surface area contributed by atoms with Gasteiger partial charge in [0.1, 0.15) is 12.1 Å². The van der Waals surface area contributed by atoms with Crippen LogP contribution >= 0.6 is 12.6 Å². The van der Waals surface area contributed by atoms with Crippen LogP contribution in [0, 0.1) is 0 Å². The molecule has 14 nitrogen and oxygen atoms in total. The van der Waals surface area contributed by atoms with Gasteiger partial charge in [0.05, 0.1) is 12.6 Å². The van der Waals surface area contributed by atoms with Crippen LogP contribution in [0.3, 0.4) is 0 Å². The van der Waals surface area contributed by atoms with Crippen LogP contribution in [0.5, 0.6) is 0 Å². The summed E-state index contributed by atoms with van der Waals surface area (Å²) in [6.45, 7) is -0.328. The van der Waals surface area contributed by atoms with E-state index in [-0.39, 0.29) is 31.1 Å². The van der Waals surface area contributed by atoms with E-state index in [0.29, 0.717) is 6.42 Å². The Labute approximate surface area is 183 Å². The predicted octanol–water partition coefficient (Wildman–Crippen LogP) is -3.67. The number of amides is 3. The molecule has 0 spiro atoms. The van der Waals surface area contributed by atoms with Crippen LogP contribution < -0.4 is 33.2 Å². The zero-order valence-corrected chi connectivity index (χ0v) is 17.6. The van der Waals surface area contributed by atoms with Crippen LogP contribution in [0.2, 0.25) is 0 Å². The minimum Gasteiger partial charge on any atom is -0.481 e. The monoisotopic (exact) mass is 463 g/mol. The highest BCUT2D eigenvalue weighted by atomic mass is 32.1. The number of nitrogens with one attached hydrogen (secondary N) is 3. The standard InChI is InChI=1S/C16H29N7O7S/c17-8(2-1-5-20-16(18)19)13(27)23-9(3-4-12(25)26)14(28)21-6-11(24)22-10(7-31)15(29)30/h8-10,31H,1-7,17H2,(H,21,28)(H,22,24)(H,23,27)(H,25,26)(H,29,30)(H4,18,19,20). The Morgan fingerprint density at radius 2 is 1.61 bits per heavy atom. The lowest BCUT2D eigenvalue weighted by Gasteiger charge is -2.20. The first-order chi connectivity index (χ1) is 14.5. The number of guanidine groups is 1. The van der Waals surface area contributed by atoms with Crippen molar-refractivity contribution in [3.05, 3.63) is 0 Å². The molecule has 0 saturated heterocycles. The van der Waals surface area contributed by atoms with Gasteiger partial charge in [-0.05, 0) is 19.3 Å². The molecular weight excluding hydrogens is 434 g/mol. The SMILES string of the molecule is NC(N)=NCCCC(N)C(=O)NC(CCC(=O)O)C(=O)NCC(=O)NC(CS)C(=O)O. The number of rotatable bonds is 15. The third kappa shape index (κ3) is 13.0.